The summed E-state index contributed by atoms with van der Waals surface area (Å²) in [5.41, 5.74) is 1.56. The first-order valence-corrected chi connectivity index (χ1v) is 12.0. The van der Waals surface area contributed by atoms with Crippen LogP contribution in [0.25, 0.3) is 0 Å². The van der Waals surface area contributed by atoms with Crippen molar-refractivity contribution in [1.29, 1.82) is 0 Å². The molecule has 3 rings (SSSR count). The number of amidine groups is 1. The van der Waals surface area contributed by atoms with Gasteiger partial charge in [0, 0.05) is 0 Å². The van der Waals surface area contributed by atoms with E-state index in [-0.39, 0.29) is 11.3 Å². The second-order valence-electron chi connectivity index (χ2n) is 7.92. The molecule has 1 aliphatic heterocycles. The number of aryl methyl sites for hydroxylation is 3. The number of alkyl halides is 6. The topological polar surface area (TPSA) is 43.3 Å². The van der Waals surface area contributed by atoms with Crippen molar-refractivity contribution in [2.75, 3.05) is 26.0 Å². The predicted molar refractivity (Wildman–Crippen MR) is 119 cm³/mol. The fourth-order valence-electron chi connectivity index (χ4n) is 4.73. The van der Waals surface area contributed by atoms with Gasteiger partial charge in [-0.2, -0.15) is 0 Å². The molecule has 188 valence electrons. The summed E-state index contributed by atoms with van der Waals surface area (Å²) < 4.78 is 105. The van der Waals surface area contributed by atoms with Gasteiger partial charge in [-0.15, -0.1) is 0 Å². The molecule has 1 heterocycles. The molecular formula is C22H25F6N2O3P. The summed E-state index contributed by atoms with van der Waals surface area (Å²) >= 11 is 0. The van der Waals surface area contributed by atoms with E-state index in [0.29, 0.717) is 32.5 Å². The molecule has 0 bridgehead atoms. The predicted octanol–water partition coefficient (Wildman–Crippen LogP) is 6.85. The number of halogens is 6. The van der Waals surface area contributed by atoms with Crippen LogP contribution in [-0.2, 0) is 13.6 Å². The zero-order valence-corrected chi connectivity index (χ0v) is 20.3. The first-order valence-electron chi connectivity index (χ1n) is 10.0. The molecule has 5 nitrogen and oxygen atoms in total. The molecule has 0 fully saturated rings. The number of aliphatic imine (C=N–C) groups is 1. The molecule has 0 unspecified atom stereocenters. The Morgan fingerprint density at radius 3 is 1.62 bits per heavy atom. The van der Waals surface area contributed by atoms with Crippen LogP contribution in [0.2, 0.25) is 0 Å². The molecule has 12 heteroatoms. The minimum atomic E-state index is -6.50. The summed E-state index contributed by atoms with van der Waals surface area (Å²) in [6.45, 7) is 4.91. The quantitative estimate of drug-likeness (QED) is 0.326. The number of anilines is 1. The fourth-order valence-corrected chi connectivity index (χ4v) is 9.00. The van der Waals surface area contributed by atoms with Gasteiger partial charge in [0.25, 0.3) is 0 Å². The molecule has 0 aliphatic carbocycles. The van der Waals surface area contributed by atoms with E-state index < -0.39 is 30.9 Å². The van der Waals surface area contributed by atoms with E-state index in [9.17, 15) is 26.3 Å². The fraction of sp³-hybridized carbons (Fsp3) is 0.409. The third kappa shape index (κ3) is 3.13. The first-order chi connectivity index (χ1) is 15.7. The van der Waals surface area contributed by atoms with Crippen LogP contribution in [0, 0.1) is 20.8 Å². The number of hydrogen-bond acceptors (Lipinski definition) is 5. The van der Waals surface area contributed by atoms with Crippen LogP contribution >= 0.6 is 7.43 Å². The molecule has 0 N–H and O–H groups in total. The maximum absolute atomic E-state index is 14.8. The van der Waals surface area contributed by atoms with Crippen molar-refractivity contribution in [2.24, 2.45) is 4.99 Å². The molecular weight excluding hydrogens is 485 g/mol. The molecule has 0 amide bonds. The van der Waals surface area contributed by atoms with E-state index >= 15 is 0 Å². The van der Waals surface area contributed by atoms with Gasteiger partial charge in [0.15, 0.2) is 0 Å². The molecule has 1 aliphatic rings. The summed E-state index contributed by atoms with van der Waals surface area (Å²) in [4.78, 5) is 3.41. The van der Waals surface area contributed by atoms with Crippen LogP contribution < -0.4 is 4.67 Å². The molecule has 0 saturated heterocycles. The molecule has 0 aromatic heterocycles. The maximum atomic E-state index is 14.8. The van der Waals surface area contributed by atoms with Crippen molar-refractivity contribution >= 4 is 19.0 Å². The Morgan fingerprint density at radius 1 is 0.794 bits per heavy atom. The monoisotopic (exact) mass is 510 g/mol. The summed E-state index contributed by atoms with van der Waals surface area (Å²) in [7, 11) is -4.35. The van der Waals surface area contributed by atoms with Crippen LogP contribution in [0.5, 0.6) is 0 Å². The Bertz CT molecular complexity index is 1070. The second-order valence-corrected chi connectivity index (χ2v) is 11.7. The number of benzene rings is 2. The SMILES string of the molecule is COP1(OC)(OC)N(c2c(C)cc(C)cc2C)C(c2ccccc2)=NC1(C(F)(F)F)C(F)(F)F. The number of rotatable bonds is 5. The van der Waals surface area contributed by atoms with Crippen molar-refractivity contribution in [2.45, 2.75) is 38.4 Å². The normalized spacial score (nSPS) is 20.5. The minimum absolute atomic E-state index is 0.00241. The molecule has 0 saturated carbocycles. The van der Waals surface area contributed by atoms with Crippen molar-refractivity contribution in [3.8, 4) is 0 Å². The van der Waals surface area contributed by atoms with E-state index in [1.165, 1.54) is 24.3 Å². The van der Waals surface area contributed by atoms with Gasteiger partial charge >= 0.3 is 193 Å². The van der Waals surface area contributed by atoms with Crippen LogP contribution in [-0.4, -0.2) is 44.8 Å². The van der Waals surface area contributed by atoms with E-state index in [1.54, 1.807) is 39.0 Å². The van der Waals surface area contributed by atoms with Gasteiger partial charge in [-0.3, -0.25) is 0 Å². The number of hydrogen-bond donors (Lipinski definition) is 0. The third-order valence-electron chi connectivity index (χ3n) is 5.99. The summed E-state index contributed by atoms with van der Waals surface area (Å²) in [6.07, 6.45) is -12.0. The van der Waals surface area contributed by atoms with Crippen molar-refractivity contribution in [3.05, 3.63) is 64.7 Å². The van der Waals surface area contributed by atoms with Crippen LogP contribution in [0.15, 0.2) is 47.5 Å². The van der Waals surface area contributed by atoms with E-state index in [2.05, 4.69) is 4.99 Å². The average Bonchev–Trinajstić information content (AvgIpc) is 3.03. The van der Waals surface area contributed by atoms with Crippen molar-refractivity contribution < 1.29 is 39.9 Å². The zero-order chi connectivity index (χ0) is 25.8. The summed E-state index contributed by atoms with van der Waals surface area (Å²) in [5, 5.41) is -4.86. The number of nitrogens with zero attached hydrogens (tertiary/aromatic N) is 2. The average molecular weight is 510 g/mol. The first kappa shape index (κ1) is 26.4. The zero-order valence-electron chi connectivity index (χ0n) is 19.4. The van der Waals surface area contributed by atoms with E-state index in [0.717, 1.165) is 10.2 Å². The Kier molecular flexibility index (Phi) is 6.36. The second kappa shape index (κ2) is 8.19. The Hall–Kier alpha value is -2.20. The van der Waals surface area contributed by atoms with Crippen LogP contribution in [0.1, 0.15) is 22.3 Å². The van der Waals surface area contributed by atoms with Crippen LogP contribution in [0.3, 0.4) is 0 Å². The summed E-state index contributed by atoms with van der Waals surface area (Å²) in [5.74, 6) is -0.631. The molecule has 0 spiro atoms. The third-order valence-corrected chi connectivity index (χ3v) is 10.7. The molecule has 2 aromatic carbocycles. The Balaban J connectivity index is 2.66. The standard InChI is InChI=1S/C22H25F6N2O3P/c1-14-12-15(2)18(16(3)13-14)30-19(17-10-8-7-9-11-17)29-20(21(23,24)25,22(26,27)28)34(30,31-4,32-5)33-6/h7-13H,1-6H3. The van der Waals surface area contributed by atoms with E-state index in [4.69, 9.17) is 13.6 Å². The van der Waals surface area contributed by atoms with Crippen LogP contribution in [0.4, 0.5) is 32.0 Å². The van der Waals surface area contributed by atoms with Gasteiger partial charge in [0.2, 0.25) is 0 Å². The van der Waals surface area contributed by atoms with Crippen molar-refractivity contribution in [1.82, 2.24) is 0 Å². The molecule has 0 radical (unpaired) electrons. The molecule has 34 heavy (non-hydrogen) atoms. The Morgan fingerprint density at radius 2 is 1.24 bits per heavy atom. The van der Waals surface area contributed by atoms with Gasteiger partial charge in [-0.05, 0) is 0 Å². The van der Waals surface area contributed by atoms with Gasteiger partial charge in [0.05, 0.1) is 0 Å². The van der Waals surface area contributed by atoms with Gasteiger partial charge in [0.1, 0.15) is 0 Å². The van der Waals surface area contributed by atoms with Gasteiger partial charge in [-0.1, -0.05) is 0 Å². The van der Waals surface area contributed by atoms with Crippen molar-refractivity contribution in [3.63, 3.8) is 0 Å². The Labute approximate surface area is 193 Å². The summed E-state index contributed by atoms with van der Waals surface area (Å²) in [6, 6.07) is 10.5. The molecule has 0 atom stereocenters. The van der Waals surface area contributed by atoms with Gasteiger partial charge < -0.3 is 0 Å². The van der Waals surface area contributed by atoms with E-state index in [1.807, 2.05) is 0 Å². The van der Waals surface area contributed by atoms with Gasteiger partial charge in [-0.25, -0.2) is 0 Å². The molecule has 2 aromatic rings.